The van der Waals surface area contributed by atoms with E-state index in [-0.39, 0.29) is 5.56 Å². The van der Waals surface area contributed by atoms with E-state index in [4.69, 9.17) is 4.74 Å². The zero-order valence-corrected chi connectivity index (χ0v) is 12.3. The molecular formula is C15H19F3N2O2. The van der Waals surface area contributed by atoms with Gasteiger partial charge in [0.15, 0.2) is 6.04 Å². The number of halogens is 3. The molecule has 2 rings (SSSR count). The van der Waals surface area contributed by atoms with Gasteiger partial charge in [-0.05, 0) is 12.1 Å². The Hall–Kier alpha value is -1.60. The average Bonchev–Trinajstić information content (AvgIpc) is 2.52. The van der Waals surface area contributed by atoms with Crippen LogP contribution in [0.4, 0.5) is 13.2 Å². The maximum Gasteiger partial charge on any atom is 0.412 e. The van der Waals surface area contributed by atoms with Gasteiger partial charge in [-0.3, -0.25) is 9.69 Å². The highest BCUT2D eigenvalue weighted by molar-refractivity contribution is 5.81. The van der Waals surface area contributed by atoms with Crippen LogP contribution >= 0.6 is 0 Å². The number of hydrogen-bond acceptors (Lipinski definition) is 3. The van der Waals surface area contributed by atoms with Crippen LogP contribution in [0.1, 0.15) is 18.5 Å². The first kappa shape index (κ1) is 16.8. The molecule has 1 saturated heterocycles. The summed E-state index contributed by atoms with van der Waals surface area (Å²) in [6.07, 6.45) is -5.43. The molecule has 2 atom stereocenters. The number of benzene rings is 1. The minimum absolute atomic E-state index is 0.00603. The van der Waals surface area contributed by atoms with Crippen molar-refractivity contribution in [3.63, 3.8) is 0 Å². The van der Waals surface area contributed by atoms with Crippen molar-refractivity contribution in [1.82, 2.24) is 10.2 Å². The molecule has 0 radical (unpaired) electrons. The lowest BCUT2D eigenvalue weighted by Gasteiger charge is -2.32. The fourth-order valence-electron chi connectivity index (χ4n) is 2.38. The van der Waals surface area contributed by atoms with Gasteiger partial charge in [0.25, 0.3) is 5.91 Å². The third kappa shape index (κ3) is 4.20. The molecule has 1 heterocycles. The largest absolute Gasteiger partial charge is 0.412 e. The maximum absolute atomic E-state index is 13.2. The zero-order valence-electron chi connectivity index (χ0n) is 12.3. The van der Waals surface area contributed by atoms with Crippen LogP contribution in [0.5, 0.6) is 0 Å². The quantitative estimate of drug-likeness (QED) is 0.925. The van der Waals surface area contributed by atoms with Crippen LogP contribution in [0.2, 0.25) is 0 Å². The van der Waals surface area contributed by atoms with E-state index in [2.05, 4.69) is 5.32 Å². The van der Waals surface area contributed by atoms with Crippen molar-refractivity contribution in [1.29, 1.82) is 0 Å². The van der Waals surface area contributed by atoms with E-state index in [1.54, 1.807) is 6.07 Å². The van der Waals surface area contributed by atoms with Crippen LogP contribution in [0.15, 0.2) is 30.3 Å². The van der Waals surface area contributed by atoms with Crippen molar-refractivity contribution in [3.05, 3.63) is 35.9 Å². The first-order valence-electron chi connectivity index (χ1n) is 7.17. The van der Waals surface area contributed by atoms with E-state index < -0.39 is 24.2 Å². The summed E-state index contributed by atoms with van der Waals surface area (Å²) in [5.41, 5.74) is 0.00603. The van der Waals surface area contributed by atoms with Crippen LogP contribution in [0.3, 0.4) is 0 Å². The number of ether oxygens (including phenoxy) is 1. The van der Waals surface area contributed by atoms with E-state index >= 15 is 0 Å². The summed E-state index contributed by atoms with van der Waals surface area (Å²) < 4.78 is 44.9. The van der Waals surface area contributed by atoms with Crippen molar-refractivity contribution < 1.29 is 22.7 Å². The number of carbonyl (C=O) groups is 1. The lowest BCUT2D eigenvalue weighted by molar-refractivity contribution is -0.168. The monoisotopic (exact) mass is 316 g/mol. The minimum Gasteiger partial charge on any atom is -0.366 e. The van der Waals surface area contributed by atoms with Crippen LogP contribution in [-0.2, 0) is 9.53 Å². The van der Waals surface area contributed by atoms with Gasteiger partial charge >= 0.3 is 6.18 Å². The standard InChI is InChI=1S/C15H19F3N2O2/c1-2-20-8-9-22-12(10-20)14(21)19-13(15(16,17)18)11-6-4-3-5-7-11/h3-7,12-13H,2,8-10H2,1H3,(H,19,21). The Balaban J connectivity index is 2.09. The van der Waals surface area contributed by atoms with Gasteiger partial charge < -0.3 is 10.1 Å². The Bertz CT molecular complexity index is 493. The van der Waals surface area contributed by atoms with E-state index in [1.807, 2.05) is 11.8 Å². The van der Waals surface area contributed by atoms with Crippen molar-refractivity contribution >= 4 is 5.91 Å². The number of alkyl halides is 3. The first-order chi connectivity index (χ1) is 10.4. The molecule has 4 nitrogen and oxygen atoms in total. The second-order valence-corrected chi connectivity index (χ2v) is 5.15. The minimum atomic E-state index is -4.56. The van der Waals surface area contributed by atoms with Gasteiger partial charge in [0, 0.05) is 13.1 Å². The van der Waals surface area contributed by atoms with Gasteiger partial charge in [-0.15, -0.1) is 0 Å². The molecule has 2 unspecified atom stereocenters. The molecule has 0 spiro atoms. The van der Waals surface area contributed by atoms with Crippen LogP contribution < -0.4 is 5.32 Å². The molecule has 1 aliphatic rings. The number of nitrogens with one attached hydrogen (secondary N) is 1. The Morgan fingerprint density at radius 2 is 2.09 bits per heavy atom. The summed E-state index contributed by atoms with van der Waals surface area (Å²) in [5.74, 6) is -0.732. The average molecular weight is 316 g/mol. The SMILES string of the molecule is CCN1CCOC(C(=O)NC(c2ccccc2)C(F)(F)F)C1. The Labute approximate surface area is 127 Å². The Morgan fingerprint density at radius 3 is 2.68 bits per heavy atom. The fraction of sp³-hybridized carbons (Fsp3) is 0.533. The first-order valence-corrected chi connectivity index (χ1v) is 7.17. The number of hydrogen-bond donors (Lipinski definition) is 1. The molecule has 1 N–H and O–H groups in total. The lowest BCUT2D eigenvalue weighted by atomic mass is 10.1. The number of nitrogens with zero attached hydrogens (tertiary/aromatic N) is 1. The summed E-state index contributed by atoms with van der Waals surface area (Å²) in [4.78, 5) is 14.1. The fourth-order valence-corrected chi connectivity index (χ4v) is 2.38. The predicted octanol–water partition coefficient (Wildman–Crippen LogP) is 2.13. The maximum atomic E-state index is 13.2. The second kappa shape index (κ2) is 7.11. The molecule has 1 aromatic carbocycles. The second-order valence-electron chi connectivity index (χ2n) is 5.15. The third-order valence-corrected chi connectivity index (χ3v) is 3.64. The van der Waals surface area contributed by atoms with Gasteiger partial charge in [-0.2, -0.15) is 13.2 Å². The van der Waals surface area contributed by atoms with Crippen LogP contribution in [0.25, 0.3) is 0 Å². The van der Waals surface area contributed by atoms with E-state index in [0.29, 0.717) is 19.7 Å². The van der Waals surface area contributed by atoms with Gasteiger partial charge in [0.05, 0.1) is 6.61 Å². The molecule has 7 heteroatoms. The predicted molar refractivity (Wildman–Crippen MR) is 75.2 cm³/mol. The Morgan fingerprint density at radius 1 is 1.41 bits per heavy atom. The number of amides is 1. The molecule has 1 amide bonds. The van der Waals surface area contributed by atoms with Crippen molar-refractivity contribution in [2.75, 3.05) is 26.2 Å². The third-order valence-electron chi connectivity index (χ3n) is 3.64. The van der Waals surface area contributed by atoms with Crippen molar-refractivity contribution in [3.8, 4) is 0 Å². The summed E-state index contributed by atoms with van der Waals surface area (Å²) >= 11 is 0. The van der Waals surface area contributed by atoms with Crippen LogP contribution in [-0.4, -0.2) is 49.3 Å². The highest BCUT2D eigenvalue weighted by atomic mass is 19.4. The lowest BCUT2D eigenvalue weighted by Crippen LogP contribution is -2.51. The van der Waals surface area contributed by atoms with Gasteiger partial charge in [-0.1, -0.05) is 37.3 Å². The topological polar surface area (TPSA) is 41.6 Å². The van der Waals surface area contributed by atoms with E-state index in [1.165, 1.54) is 24.3 Å². The van der Waals surface area contributed by atoms with Crippen LogP contribution in [0, 0.1) is 0 Å². The molecule has 1 aliphatic heterocycles. The molecule has 122 valence electrons. The normalized spacial score (nSPS) is 21.4. The van der Waals surface area contributed by atoms with Gasteiger partial charge in [-0.25, -0.2) is 0 Å². The van der Waals surface area contributed by atoms with Gasteiger partial charge in [0.2, 0.25) is 0 Å². The number of likely N-dealkylation sites (N-methyl/N-ethyl adjacent to an activating group) is 1. The van der Waals surface area contributed by atoms with Crippen molar-refractivity contribution in [2.24, 2.45) is 0 Å². The number of rotatable bonds is 4. The molecular weight excluding hydrogens is 297 g/mol. The molecule has 0 aliphatic carbocycles. The summed E-state index contributed by atoms with van der Waals surface area (Å²) in [5, 5.41) is 2.07. The molecule has 0 aromatic heterocycles. The summed E-state index contributed by atoms with van der Waals surface area (Å²) in [7, 11) is 0. The highest BCUT2D eigenvalue weighted by Crippen LogP contribution is 2.32. The smallest absolute Gasteiger partial charge is 0.366 e. The van der Waals surface area contributed by atoms with E-state index in [9.17, 15) is 18.0 Å². The summed E-state index contributed by atoms with van der Waals surface area (Å²) in [6, 6.07) is 5.31. The van der Waals surface area contributed by atoms with Gasteiger partial charge in [0.1, 0.15) is 6.10 Å². The molecule has 0 bridgehead atoms. The molecule has 0 saturated carbocycles. The zero-order chi connectivity index (χ0) is 16.2. The molecule has 1 aromatic rings. The summed E-state index contributed by atoms with van der Waals surface area (Å²) in [6.45, 7) is 3.99. The van der Waals surface area contributed by atoms with Crippen molar-refractivity contribution in [2.45, 2.75) is 25.2 Å². The molecule has 22 heavy (non-hydrogen) atoms. The molecule has 1 fully saturated rings. The number of morpholine rings is 1. The Kier molecular flexibility index (Phi) is 5.42. The number of carbonyl (C=O) groups excluding carboxylic acids is 1. The van der Waals surface area contributed by atoms with E-state index in [0.717, 1.165) is 6.54 Å². The highest BCUT2D eigenvalue weighted by Gasteiger charge is 2.43.